The molecule has 0 heterocycles. The third-order valence-corrected chi connectivity index (χ3v) is 0. The van der Waals surface area contributed by atoms with Crippen molar-refractivity contribution in [2.24, 2.45) is 0 Å². The van der Waals surface area contributed by atoms with Gasteiger partial charge in [-0.15, -0.1) is 0 Å². The minimum absolute atomic E-state index is 0. The first kappa shape index (κ1) is 15.7. The summed E-state index contributed by atoms with van der Waals surface area (Å²) in [6, 6.07) is 0. The van der Waals surface area contributed by atoms with Crippen molar-refractivity contribution in [1.82, 2.24) is 0 Å². The summed E-state index contributed by atoms with van der Waals surface area (Å²) in [5, 5.41) is 13.9. The Balaban J connectivity index is -0.00000000750. The quantitative estimate of drug-likeness (QED) is 0.622. The minimum Gasteiger partial charge on any atom is -1.00 e. The van der Waals surface area contributed by atoms with Gasteiger partial charge in [0.05, 0.1) is 0 Å². The Morgan fingerprint density at radius 2 is 1.50 bits per heavy atom. The van der Waals surface area contributed by atoms with E-state index in [1.54, 1.807) is 0 Å². The molecule has 0 aliphatic heterocycles. The number of carbonyl (C=O) groups is 1. The van der Waals surface area contributed by atoms with Gasteiger partial charge in [0.1, 0.15) is 0 Å². The molecule has 0 aromatic heterocycles. The van der Waals surface area contributed by atoms with Gasteiger partial charge in [-0.1, -0.05) is 0 Å². The maximum absolute atomic E-state index is 8.56. The Labute approximate surface area is 81.1 Å². The van der Waals surface area contributed by atoms with Gasteiger partial charge in [0.2, 0.25) is 0 Å². The molecule has 0 saturated heterocycles. The van der Waals surface area contributed by atoms with E-state index in [1.165, 1.54) is 0 Å². The van der Waals surface area contributed by atoms with E-state index in [4.69, 9.17) is 15.0 Å². The summed E-state index contributed by atoms with van der Waals surface area (Å²) < 4.78 is 0. The smallest absolute Gasteiger partial charge is 1.00 e. The molecule has 0 aliphatic carbocycles. The van der Waals surface area contributed by atoms with Gasteiger partial charge in [-0.2, -0.15) is 0 Å². The maximum atomic E-state index is 8.56. The third kappa shape index (κ3) is 65.1. The summed E-state index contributed by atoms with van der Waals surface area (Å²) in [6.07, 6.45) is -1.83. The Bertz CT molecular complexity index is 40.3. The third-order valence-electron chi connectivity index (χ3n) is 0. The Morgan fingerprint density at radius 1 is 1.50 bits per heavy atom. The molecule has 5 heteroatoms. The van der Waals surface area contributed by atoms with Gasteiger partial charge in [-0.25, -0.2) is 4.79 Å². The van der Waals surface area contributed by atoms with E-state index in [0.717, 1.165) is 0 Å². The normalized spacial score (nSPS) is 4.00. The summed E-state index contributed by atoms with van der Waals surface area (Å²) in [5.41, 5.74) is 0. The molecule has 0 amide bonds. The molecule has 0 atom stereocenters. The first-order valence-electron chi connectivity index (χ1n) is 0.651. The van der Waals surface area contributed by atoms with Crippen LogP contribution in [0.15, 0.2) is 0 Å². The van der Waals surface area contributed by atoms with Crippen LogP contribution in [0.4, 0.5) is 4.79 Å². The predicted molar refractivity (Wildman–Crippen MR) is 18.6 cm³/mol. The second kappa shape index (κ2) is 9.49. The molecule has 0 aromatic carbocycles. The fourth-order valence-corrected chi connectivity index (χ4v) is 0. The molecule has 0 aliphatic rings. The average molecular weight is 296 g/mol. The van der Waals surface area contributed by atoms with Gasteiger partial charge >= 0.3 is 43.9 Å². The van der Waals surface area contributed by atoms with Crippen molar-refractivity contribution < 1.29 is 38.0 Å². The van der Waals surface area contributed by atoms with Crippen molar-refractivity contribution in [3.8, 4) is 0 Å². The van der Waals surface area contributed by atoms with Gasteiger partial charge in [0, 0.05) is 20.1 Å². The van der Waals surface area contributed by atoms with Crippen LogP contribution in [-0.4, -0.2) is 54.1 Å². The molecule has 0 fully saturated rings. The number of rotatable bonds is 0. The predicted octanol–water partition coefficient (Wildman–Crippen LogP) is 0.0641. The van der Waals surface area contributed by atoms with Gasteiger partial charge in [0.25, 0.3) is 0 Å². The summed E-state index contributed by atoms with van der Waals surface area (Å²) in [5.74, 6) is 0. The van der Waals surface area contributed by atoms with E-state index in [9.17, 15) is 0 Å². The monoisotopic (exact) mass is 297 g/mol. The average Bonchev–Trinajstić information content (AvgIpc) is 0.811. The molecule has 0 rings (SSSR count). The first-order chi connectivity index (χ1) is 1.73. The van der Waals surface area contributed by atoms with Crippen LogP contribution in [0.25, 0.3) is 0 Å². The largest absolute Gasteiger partial charge is 2.00 e. The van der Waals surface area contributed by atoms with Crippen molar-refractivity contribution in [2.45, 2.75) is 0 Å². The summed E-state index contributed by atoms with van der Waals surface area (Å²) >= 11 is 0. The van der Waals surface area contributed by atoms with Gasteiger partial charge in [-0.05, 0) is 0 Å². The summed E-state index contributed by atoms with van der Waals surface area (Å²) in [7, 11) is 0. The molecule has 0 bridgehead atoms. The Hall–Kier alpha value is 1.18. The van der Waals surface area contributed by atoms with Crippen LogP contribution < -0.4 is 0 Å². The van der Waals surface area contributed by atoms with Crippen LogP contribution in [0.5, 0.6) is 0 Å². The summed E-state index contributed by atoms with van der Waals surface area (Å²) in [4.78, 5) is 8.56. The van der Waals surface area contributed by atoms with Gasteiger partial charge in [0.15, 0.2) is 0 Å². The Kier molecular flexibility index (Phi) is 24.8. The molecular weight excluding hydrogens is 292 g/mol. The van der Waals surface area contributed by atoms with E-state index in [2.05, 4.69) is 0 Å². The van der Waals surface area contributed by atoms with E-state index >= 15 is 0 Å². The molecular formula is CH4CaIrO3. The zero-order valence-electron chi connectivity index (χ0n) is 4.84. The number of carboxylic acid groups (broad SMARTS) is 2. The van der Waals surface area contributed by atoms with Crippen LogP contribution in [0.2, 0.25) is 0 Å². The zero-order valence-corrected chi connectivity index (χ0v) is 7.45. The minimum atomic E-state index is -1.83. The zero-order chi connectivity index (χ0) is 3.58. The van der Waals surface area contributed by atoms with E-state index in [1.807, 2.05) is 0 Å². The second-order valence-electron chi connectivity index (χ2n) is 0.283. The molecule has 0 unspecified atom stereocenters. The first-order valence-corrected chi connectivity index (χ1v) is 0.651. The van der Waals surface area contributed by atoms with Crippen LogP contribution in [0, 0.1) is 0 Å². The molecule has 37 valence electrons. The van der Waals surface area contributed by atoms with Crippen LogP contribution in [0.3, 0.4) is 0 Å². The van der Waals surface area contributed by atoms with Crippen molar-refractivity contribution in [3.63, 3.8) is 0 Å². The molecule has 1 radical (unpaired) electrons. The van der Waals surface area contributed by atoms with Crippen molar-refractivity contribution in [3.05, 3.63) is 0 Å². The van der Waals surface area contributed by atoms with Crippen molar-refractivity contribution in [1.29, 1.82) is 0 Å². The van der Waals surface area contributed by atoms with Crippen molar-refractivity contribution in [2.75, 3.05) is 0 Å². The molecule has 6 heavy (non-hydrogen) atoms. The topological polar surface area (TPSA) is 57.5 Å². The number of hydrogen-bond acceptors (Lipinski definition) is 1. The molecule has 2 N–H and O–H groups in total. The van der Waals surface area contributed by atoms with Gasteiger partial charge < -0.3 is 13.1 Å². The standard InChI is InChI=1S/CH2O3.Ca.Ir.2H/c2-1(3)4;;;;/h(H2,2,3,4);;;;/q;+2;;2*-1. The summed E-state index contributed by atoms with van der Waals surface area (Å²) in [6.45, 7) is 0. The fourth-order valence-electron chi connectivity index (χ4n) is 0. The van der Waals surface area contributed by atoms with Crippen LogP contribution in [-0.2, 0) is 20.1 Å². The SMILES string of the molecule is O=C(O)O.[Ca+2].[H-].[H-].[Ir]. The molecule has 0 saturated carbocycles. The fraction of sp³-hybridized carbons (Fsp3) is 0. The van der Waals surface area contributed by atoms with Crippen LogP contribution in [0.1, 0.15) is 2.85 Å². The molecule has 0 aromatic rings. The van der Waals surface area contributed by atoms with Crippen molar-refractivity contribution >= 4 is 43.9 Å². The Morgan fingerprint density at radius 3 is 1.50 bits per heavy atom. The molecule has 0 spiro atoms. The van der Waals surface area contributed by atoms with Gasteiger partial charge in [-0.3, -0.25) is 0 Å². The van der Waals surface area contributed by atoms with E-state index in [0.29, 0.717) is 0 Å². The van der Waals surface area contributed by atoms with E-state index < -0.39 is 6.16 Å². The number of hydrogen-bond donors (Lipinski definition) is 2. The van der Waals surface area contributed by atoms with E-state index in [-0.39, 0.29) is 60.7 Å². The second-order valence-corrected chi connectivity index (χ2v) is 0.283. The van der Waals surface area contributed by atoms with Crippen LogP contribution >= 0.6 is 0 Å². The molecule has 3 nitrogen and oxygen atoms in total. The maximum Gasteiger partial charge on any atom is 2.00 e.